The van der Waals surface area contributed by atoms with Crippen molar-refractivity contribution < 1.29 is 9.53 Å². The second-order valence-corrected chi connectivity index (χ2v) is 3.36. The molecule has 0 aromatic rings. The summed E-state index contributed by atoms with van der Waals surface area (Å²) in [6, 6.07) is 0.302. The Morgan fingerprint density at radius 1 is 1.42 bits per heavy atom. The zero-order valence-corrected chi connectivity index (χ0v) is 7.58. The van der Waals surface area contributed by atoms with Gasteiger partial charge in [0.1, 0.15) is 0 Å². The van der Waals surface area contributed by atoms with Crippen LogP contribution in [0.15, 0.2) is 0 Å². The molecule has 0 radical (unpaired) electrons. The number of rotatable bonds is 2. The molecule has 1 fully saturated rings. The first-order valence-corrected chi connectivity index (χ1v) is 4.66. The molecule has 3 nitrogen and oxygen atoms in total. The minimum absolute atomic E-state index is 0.0376. The molecule has 1 rings (SSSR count). The summed E-state index contributed by atoms with van der Waals surface area (Å²) in [6.45, 7) is 2.33. The fraction of sp³-hybridized carbons (Fsp3) is 0.889. The van der Waals surface area contributed by atoms with Crippen molar-refractivity contribution in [3.8, 4) is 0 Å². The van der Waals surface area contributed by atoms with Crippen LogP contribution in [0.25, 0.3) is 0 Å². The maximum Gasteiger partial charge on any atom is 0.308 e. The van der Waals surface area contributed by atoms with E-state index in [0.29, 0.717) is 12.6 Å². The molecule has 70 valence electrons. The van der Waals surface area contributed by atoms with E-state index in [9.17, 15) is 4.79 Å². The lowest BCUT2D eigenvalue weighted by molar-refractivity contribution is -0.149. The molecule has 0 spiro atoms. The third-order valence-corrected chi connectivity index (χ3v) is 2.39. The van der Waals surface area contributed by atoms with E-state index >= 15 is 0 Å². The van der Waals surface area contributed by atoms with Gasteiger partial charge in [0.05, 0.1) is 12.5 Å². The molecule has 2 N–H and O–H groups in total. The van der Waals surface area contributed by atoms with Crippen LogP contribution in [0.1, 0.15) is 32.6 Å². The minimum Gasteiger partial charge on any atom is -0.466 e. The van der Waals surface area contributed by atoms with Crippen molar-refractivity contribution in [3.63, 3.8) is 0 Å². The van der Waals surface area contributed by atoms with Crippen molar-refractivity contribution in [3.05, 3.63) is 0 Å². The Bertz CT molecular complexity index is 151. The summed E-state index contributed by atoms with van der Waals surface area (Å²) in [4.78, 5) is 11.2. The first-order chi connectivity index (χ1) is 5.74. The van der Waals surface area contributed by atoms with Gasteiger partial charge in [-0.15, -0.1) is 0 Å². The number of nitrogens with two attached hydrogens (primary N) is 1. The zero-order chi connectivity index (χ0) is 8.97. The molecule has 3 heteroatoms. The van der Waals surface area contributed by atoms with Crippen molar-refractivity contribution in [2.24, 2.45) is 11.7 Å². The van der Waals surface area contributed by atoms with Crippen molar-refractivity contribution >= 4 is 5.97 Å². The van der Waals surface area contributed by atoms with Crippen LogP contribution in [-0.4, -0.2) is 18.6 Å². The third-order valence-electron chi connectivity index (χ3n) is 2.39. The van der Waals surface area contributed by atoms with Crippen LogP contribution in [0.5, 0.6) is 0 Å². The van der Waals surface area contributed by atoms with Crippen molar-refractivity contribution in [1.82, 2.24) is 0 Å². The maximum atomic E-state index is 11.2. The van der Waals surface area contributed by atoms with Crippen LogP contribution in [-0.2, 0) is 9.53 Å². The van der Waals surface area contributed by atoms with Gasteiger partial charge in [-0.3, -0.25) is 4.79 Å². The van der Waals surface area contributed by atoms with Gasteiger partial charge < -0.3 is 10.5 Å². The largest absolute Gasteiger partial charge is 0.466 e. The Morgan fingerprint density at radius 3 is 2.50 bits per heavy atom. The van der Waals surface area contributed by atoms with Gasteiger partial charge in [-0.05, 0) is 32.6 Å². The molecule has 12 heavy (non-hydrogen) atoms. The maximum absolute atomic E-state index is 11.2. The van der Waals surface area contributed by atoms with Crippen LogP contribution in [0, 0.1) is 5.92 Å². The number of esters is 1. The third kappa shape index (κ3) is 2.48. The highest BCUT2D eigenvalue weighted by atomic mass is 16.5. The van der Waals surface area contributed by atoms with Crippen LogP contribution in [0.2, 0.25) is 0 Å². The van der Waals surface area contributed by atoms with Gasteiger partial charge in [0.25, 0.3) is 0 Å². The van der Waals surface area contributed by atoms with E-state index in [1.807, 2.05) is 6.92 Å². The van der Waals surface area contributed by atoms with Crippen LogP contribution < -0.4 is 5.73 Å². The number of hydrogen-bond donors (Lipinski definition) is 1. The van der Waals surface area contributed by atoms with E-state index in [-0.39, 0.29) is 11.9 Å². The Labute approximate surface area is 73.3 Å². The predicted octanol–water partition coefficient (Wildman–Crippen LogP) is 1.07. The summed E-state index contributed by atoms with van der Waals surface area (Å²) in [5.41, 5.74) is 5.72. The topological polar surface area (TPSA) is 52.3 Å². The van der Waals surface area contributed by atoms with Gasteiger partial charge in [-0.25, -0.2) is 0 Å². The molecular weight excluding hydrogens is 154 g/mol. The smallest absolute Gasteiger partial charge is 0.308 e. The Kier molecular flexibility index (Phi) is 3.53. The molecule has 0 amide bonds. The van der Waals surface area contributed by atoms with Gasteiger partial charge in [0, 0.05) is 6.04 Å². The molecule has 0 aromatic heterocycles. The Morgan fingerprint density at radius 2 is 2.00 bits per heavy atom. The van der Waals surface area contributed by atoms with E-state index in [0.717, 1.165) is 25.7 Å². The predicted molar refractivity (Wildman–Crippen MR) is 46.6 cm³/mol. The van der Waals surface area contributed by atoms with E-state index < -0.39 is 0 Å². The fourth-order valence-electron chi connectivity index (χ4n) is 1.62. The lowest BCUT2D eigenvalue weighted by Crippen LogP contribution is -2.30. The molecule has 0 aromatic carbocycles. The van der Waals surface area contributed by atoms with Gasteiger partial charge >= 0.3 is 5.97 Å². The van der Waals surface area contributed by atoms with Gasteiger partial charge in [-0.2, -0.15) is 0 Å². The van der Waals surface area contributed by atoms with Gasteiger partial charge in [0.2, 0.25) is 0 Å². The van der Waals surface area contributed by atoms with Gasteiger partial charge in [-0.1, -0.05) is 0 Å². The molecule has 0 aliphatic heterocycles. The Balaban J connectivity index is 2.29. The summed E-state index contributed by atoms with van der Waals surface area (Å²) < 4.78 is 4.94. The van der Waals surface area contributed by atoms with Crippen LogP contribution in [0.3, 0.4) is 0 Å². The molecule has 0 unspecified atom stereocenters. The molecule has 1 aliphatic rings. The minimum atomic E-state index is -0.0376. The zero-order valence-electron chi connectivity index (χ0n) is 7.58. The molecule has 1 saturated carbocycles. The highest BCUT2D eigenvalue weighted by molar-refractivity contribution is 5.72. The van der Waals surface area contributed by atoms with Crippen molar-refractivity contribution in [2.75, 3.05) is 6.61 Å². The molecule has 0 bridgehead atoms. The second-order valence-electron chi connectivity index (χ2n) is 3.36. The average Bonchev–Trinajstić information content (AvgIpc) is 2.06. The number of carbonyl (C=O) groups excluding carboxylic acids is 1. The standard InChI is InChI=1S/C9H17NO2/c1-2-12-9(11)7-3-5-8(10)6-4-7/h7-8H,2-6,10H2,1H3/t7-,8+. The highest BCUT2D eigenvalue weighted by Gasteiger charge is 2.25. The highest BCUT2D eigenvalue weighted by Crippen LogP contribution is 2.23. The quantitative estimate of drug-likeness (QED) is 0.632. The SMILES string of the molecule is CCOC(=O)[C@H]1CC[C@@H](N)CC1. The van der Waals surface area contributed by atoms with Gasteiger partial charge in [0.15, 0.2) is 0 Å². The van der Waals surface area contributed by atoms with Crippen molar-refractivity contribution in [2.45, 2.75) is 38.6 Å². The molecule has 0 atom stereocenters. The lowest BCUT2D eigenvalue weighted by Gasteiger charge is -2.24. The van der Waals surface area contributed by atoms with Crippen LogP contribution in [0.4, 0.5) is 0 Å². The van der Waals surface area contributed by atoms with Crippen LogP contribution >= 0.6 is 0 Å². The summed E-state index contributed by atoms with van der Waals surface area (Å²) in [5.74, 6) is 0.0779. The summed E-state index contributed by atoms with van der Waals surface area (Å²) in [5, 5.41) is 0. The van der Waals surface area contributed by atoms with E-state index in [1.54, 1.807) is 0 Å². The fourth-order valence-corrected chi connectivity index (χ4v) is 1.62. The number of ether oxygens (including phenoxy) is 1. The monoisotopic (exact) mass is 171 g/mol. The summed E-state index contributed by atoms with van der Waals surface area (Å²) >= 11 is 0. The molecule has 0 saturated heterocycles. The summed E-state index contributed by atoms with van der Waals surface area (Å²) in [7, 11) is 0. The normalized spacial score (nSPS) is 29.8. The lowest BCUT2D eigenvalue weighted by atomic mass is 9.86. The first-order valence-electron chi connectivity index (χ1n) is 4.66. The van der Waals surface area contributed by atoms with E-state index in [2.05, 4.69) is 0 Å². The molecule has 1 aliphatic carbocycles. The molecular formula is C9H17NO2. The number of carbonyl (C=O) groups is 1. The van der Waals surface area contributed by atoms with E-state index in [1.165, 1.54) is 0 Å². The molecule has 0 heterocycles. The van der Waals surface area contributed by atoms with E-state index in [4.69, 9.17) is 10.5 Å². The Hall–Kier alpha value is -0.570. The second kappa shape index (κ2) is 4.45. The summed E-state index contributed by atoms with van der Waals surface area (Å²) in [6.07, 6.45) is 3.73. The average molecular weight is 171 g/mol. The first kappa shape index (κ1) is 9.52. The van der Waals surface area contributed by atoms with Crippen molar-refractivity contribution in [1.29, 1.82) is 0 Å². The number of hydrogen-bond acceptors (Lipinski definition) is 3.